The van der Waals surface area contributed by atoms with E-state index in [0.717, 1.165) is 37.4 Å². The lowest BCUT2D eigenvalue weighted by Gasteiger charge is -2.33. The zero-order valence-electron chi connectivity index (χ0n) is 19.1. The van der Waals surface area contributed by atoms with Gasteiger partial charge >= 0.3 is 0 Å². The molecule has 1 N–H and O–H groups in total. The Morgan fingerprint density at radius 2 is 2.03 bits per heavy atom. The fourth-order valence-corrected chi connectivity index (χ4v) is 3.92. The van der Waals surface area contributed by atoms with Crippen molar-refractivity contribution >= 4 is 17.5 Å². The van der Waals surface area contributed by atoms with Crippen LogP contribution >= 0.6 is 0 Å². The summed E-state index contributed by atoms with van der Waals surface area (Å²) in [4.78, 5) is 30.5. The lowest BCUT2D eigenvalue weighted by molar-refractivity contribution is 0.0701. The standard InChI is InChI=1S/C25H30N6O2/c1-30(2)15-16-33-22-10-4-3-8-20(22)25(32)31-14-6-7-19(18-31)21-9-5-11-23(28-21)29-24-17-26-12-13-27-24/h3-5,8-13,17,19H,6-7,14-16,18H2,1-2H3,(H,27,28,29). The summed E-state index contributed by atoms with van der Waals surface area (Å²) in [7, 11) is 4.00. The number of carbonyl (C=O) groups excluding carboxylic acids is 1. The van der Waals surface area contributed by atoms with Gasteiger partial charge in [-0.2, -0.15) is 0 Å². The van der Waals surface area contributed by atoms with E-state index in [0.29, 0.717) is 30.3 Å². The molecule has 1 atom stereocenters. The maximum absolute atomic E-state index is 13.4. The van der Waals surface area contributed by atoms with Gasteiger partial charge in [0, 0.05) is 43.6 Å². The second kappa shape index (κ2) is 10.9. The molecule has 1 aromatic carbocycles. The molecule has 0 spiro atoms. The highest BCUT2D eigenvalue weighted by molar-refractivity contribution is 5.97. The van der Waals surface area contributed by atoms with Crippen molar-refractivity contribution in [3.63, 3.8) is 0 Å². The average molecular weight is 447 g/mol. The number of carbonyl (C=O) groups is 1. The number of likely N-dealkylation sites (N-methyl/N-ethyl adjacent to an activating group) is 1. The van der Waals surface area contributed by atoms with Crippen molar-refractivity contribution in [2.45, 2.75) is 18.8 Å². The topological polar surface area (TPSA) is 83.5 Å². The van der Waals surface area contributed by atoms with Crippen LogP contribution in [0, 0.1) is 0 Å². The molecule has 172 valence electrons. The van der Waals surface area contributed by atoms with Crippen LogP contribution in [0.1, 0.15) is 34.8 Å². The number of likely N-dealkylation sites (tertiary alicyclic amines) is 1. The summed E-state index contributed by atoms with van der Waals surface area (Å²) in [6.07, 6.45) is 6.86. The van der Waals surface area contributed by atoms with Crippen molar-refractivity contribution in [3.8, 4) is 5.75 Å². The molecule has 1 amide bonds. The molecule has 2 aromatic heterocycles. The van der Waals surface area contributed by atoms with Gasteiger partial charge in [0.25, 0.3) is 5.91 Å². The van der Waals surface area contributed by atoms with E-state index in [2.05, 4.69) is 20.2 Å². The monoisotopic (exact) mass is 446 g/mol. The lowest BCUT2D eigenvalue weighted by atomic mass is 9.93. The summed E-state index contributed by atoms with van der Waals surface area (Å²) in [6.45, 7) is 2.69. The summed E-state index contributed by atoms with van der Waals surface area (Å²) in [5, 5.41) is 3.19. The van der Waals surface area contributed by atoms with Crippen molar-refractivity contribution in [2.75, 3.05) is 45.7 Å². The molecule has 4 rings (SSSR count). The Balaban J connectivity index is 1.45. The molecule has 8 nitrogen and oxygen atoms in total. The summed E-state index contributed by atoms with van der Waals surface area (Å²) in [5.41, 5.74) is 1.58. The number of nitrogens with one attached hydrogen (secondary N) is 1. The third-order valence-electron chi connectivity index (χ3n) is 5.63. The number of ether oxygens (including phenoxy) is 1. The summed E-state index contributed by atoms with van der Waals surface area (Å²) in [6, 6.07) is 13.4. The van der Waals surface area contributed by atoms with Gasteiger partial charge in [-0.3, -0.25) is 9.78 Å². The van der Waals surface area contributed by atoms with Crippen molar-refractivity contribution in [2.24, 2.45) is 0 Å². The number of piperidine rings is 1. The van der Waals surface area contributed by atoms with E-state index in [4.69, 9.17) is 9.72 Å². The molecule has 1 saturated heterocycles. The van der Waals surface area contributed by atoms with Crippen LogP contribution < -0.4 is 10.1 Å². The number of rotatable bonds is 8. The van der Waals surface area contributed by atoms with E-state index < -0.39 is 0 Å². The Bertz CT molecular complexity index is 1060. The first kappa shape index (κ1) is 22.7. The number of anilines is 2. The maximum atomic E-state index is 13.4. The van der Waals surface area contributed by atoms with Crippen LogP contribution in [0.25, 0.3) is 0 Å². The molecule has 8 heteroatoms. The molecular weight excluding hydrogens is 416 g/mol. The predicted octanol–water partition coefficient (Wildman–Crippen LogP) is 3.58. The van der Waals surface area contributed by atoms with Gasteiger partial charge in [-0.1, -0.05) is 18.2 Å². The van der Waals surface area contributed by atoms with E-state index in [1.54, 1.807) is 18.6 Å². The zero-order valence-corrected chi connectivity index (χ0v) is 19.1. The number of aromatic nitrogens is 3. The number of para-hydroxylation sites is 1. The fraction of sp³-hybridized carbons (Fsp3) is 0.360. The normalized spacial score (nSPS) is 16.0. The van der Waals surface area contributed by atoms with Crippen LogP contribution in [0.2, 0.25) is 0 Å². The second-order valence-electron chi connectivity index (χ2n) is 8.40. The van der Waals surface area contributed by atoms with E-state index >= 15 is 0 Å². The molecule has 0 radical (unpaired) electrons. The molecule has 1 unspecified atom stereocenters. The van der Waals surface area contributed by atoms with Gasteiger partial charge < -0.3 is 19.9 Å². The SMILES string of the molecule is CN(C)CCOc1ccccc1C(=O)N1CCCC(c2cccc(Nc3cnccn3)n2)C1. The first-order valence-corrected chi connectivity index (χ1v) is 11.3. The highest BCUT2D eigenvalue weighted by atomic mass is 16.5. The smallest absolute Gasteiger partial charge is 0.257 e. The predicted molar refractivity (Wildman–Crippen MR) is 128 cm³/mol. The Hall–Kier alpha value is -3.52. The van der Waals surface area contributed by atoms with Gasteiger partial charge in [0.2, 0.25) is 0 Å². The number of hydrogen-bond donors (Lipinski definition) is 1. The van der Waals surface area contributed by atoms with Gasteiger partial charge in [0.1, 0.15) is 24.0 Å². The van der Waals surface area contributed by atoms with Gasteiger partial charge in [0.15, 0.2) is 0 Å². The van der Waals surface area contributed by atoms with Crippen LogP contribution in [-0.4, -0.2) is 71.0 Å². The molecule has 0 aliphatic carbocycles. The molecule has 3 heterocycles. The van der Waals surface area contributed by atoms with Crippen LogP contribution in [0.3, 0.4) is 0 Å². The quantitative estimate of drug-likeness (QED) is 0.566. The number of amides is 1. The van der Waals surface area contributed by atoms with Crippen LogP contribution in [0.5, 0.6) is 5.75 Å². The fourth-order valence-electron chi connectivity index (χ4n) is 3.92. The Labute approximate surface area is 194 Å². The second-order valence-corrected chi connectivity index (χ2v) is 8.40. The highest BCUT2D eigenvalue weighted by Gasteiger charge is 2.28. The summed E-state index contributed by atoms with van der Waals surface area (Å²) < 4.78 is 5.92. The van der Waals surface area contributed by atoms with Crippen molar-refractivity contribution in [3.05, 3.63) is 72.3 Å². The summed E-state index contributed by atoms with van der Waals surface area (Å²) in [5.74, 6) is 2.19. The molecular formula is C25H30N6O2. The zero-order chi connectivity index (χ0) is 23.0. The van der Waals surface area contributed by atoms with E-state index in [1.807, 2.05) is 61.5 Å². The minimum Gasteiger partial charge on any atom is -0.491 e. The highest BCUT2D eigenvalue weighted by Crippen LogP contribution is 2.29. The third kappa shape index (κ3) is 6.04. The Kier molecular flexibility index (Phi) is 7.47. The van der Waals surface area contributed by atoms with Crippen LogP contribution in [0.4, 0.5) is 11.6 Å². The van der Waals surface area contributed by atoms with Crippen molar-refractivity contribution in [1.82, 2.24) is 24.8 Å². The minimum atomic E-state index is 0.00833. The summed E-state index contributed by atoms with van der Waals surface area (Å²) >= 11 is 0. The Morgan fingerprint density at radius 3 is 2.85 bits per heavy atom. The van der Waals surface area contributed by atoms with E-state index in [-0.39, 0.29) is 11.8 Å². The van der Waals surface area contributed by atoms with E-state index in [9.17, 15) is 4.79 Å². The van der Waals surface area contributed by atoms with Crippen molar-refractivity contribution in [1.29, 1.82) is 0 Å². The van der Waals surface area contributed by atoms with Gasteiger partial charge in [-0.15, -0.1) is 0 Å². The van der Waals surface area contributed by atoms with Gasteiger partial charge in [-0.25, -0.2) is 9.97 Å². The Morgan fingerprint density at radius 1 is 1.15 bits per heavy atom. The molecule has 33 heavy (non-hydrogen) atoms. The van der Waals surface area contributed by atoms with Crippen molar-refractivity contribution < 1.29 is 9.53 Å². The van der Waals surface area contributed by atoms with Gasteiger partial charge in [0.05, 0.1) is 11.8 Å². The third-order valence-corrected chi connectivity index (χ3v) is 5.63. The lowest BCUT2D eigenvalue weighted by Crippen LogP contribution is -2.39. The minimum absolute atomic E-state index is 0.00833. The van der Waals surface area contributed by atoms with E-state index in [1.165, 1.54) is 0 Å². The molecule has 1 aliphatic heterocycles. The first-order chi connectivity index (χ1) is 16.1. The average Bonchev–Trinajstić information content (AvgIpc) is 2.85. The molecule has 1 fully saturated rings. The number of benzene rings is 1. The molecule has 3 aromatic rings. The molecule has 0 bridgehead atoms. The van der Waals surface area contributed by atoms with Gasteiger partial charge in [-0.05, 0) is 51.2 Å². The largest absolute Gasteiger partial charge is 0.491 e. The molecule has 0 saturated carbocycles. The first-order valence-electron chi connectivity index (χ1n) is 11.3. The van der Waals surface area contributed by atoms with Crippen LogP contribution in [-0.2, 0) is 0 Å². The molecule has 1 aliphatic rings. The number of nitrogens with zero attached hydrogens (tertiary/aromatic N) is 5. The van der Waals surface area contributed by atoms with Crippen LogP contribution in [0.15, 0.2) is 61.1 Å². The maximum Gasteiger partial charge on any atom is 0.257 e. The number of hydrogen-bond acceptors (Lipinski definition) is 7. The number of pyridine rings is 1.